The van der Waals surface area contributed by atoms with Gasteiger partial charge in [-0.15, -0.1) is 0 Å². The minimum Gasteiger partial charge on any atom is -0.462 e. The molecule has 1 aliphatic rings. The summed E-state index contributed by atoms with van der Waals surface area (Å²) in [7, 11) is 0. The lowest BCUT2D eigenvalue weighted by Crippen LogP contribution is -2.37. The molecule has 3 heterocycles. The zero-order valence-corrected chi connectivity index (χ0v) is 16.4. The molecular weight excluding hydrogens is 397 g/mol. The van der Waals surface area contributed by atoms with Gasteiger partial charge in [0.2, 0.25) is 0 Å². The number of hydrogen-bond acceptors (Lipinski definition) is 5. The van der Waals surface area contributed by atoms with E-state index in [-0.39, 0.29) is 35.3 Å². The Balaban J connectivity index is 1.81. The minimum absolute atomic E-state index is 0.118. The van der Waals surface area contributed by atoms with Gasteiger partial charge in [0.25, 0.3) is 5.91 Å². The molecular formula is C21H17ClFN3O3. The van der Waals surface area contributed by atoms with Crippen molar-refractivity contribution in [3.05, 3.63) is 69.9 Å². The predicted octanol–water partition coefficient (Wildman–Crippen LogP) is 3.80. The maximum absolute atomic E-state index is 13.9. The fraction of sp³-hybridized carbons (Fsp3) is 0.238. The van der Waals surface area contributed by atoms with Gasteiger partial charge in [-0.25, -0.2) is 14.2 Å². The Labute approximate surface area is 171 Å². The largest absolute Gasteiger partial charge is 0.462 e. The monoisotopic (exact) mass is 413 g/mol. The number of carbonyl (C=O) groups is 2. The number of nitrogens with zero attached hydrogens (tertiary/aromatic N) is 3. The molecule has 148 valence electrons. The number of pyridine rings is 2. The summed E-state index contributed by atoms with van der Waals surface area (Å²) >= 11 is 6.07. The first kappa shape index (κ1) is 19.3. The van der Waals surface area contributed by atoms with E-state index in [2.05, 4.69) is 9.97 Å². The molecule has 0 aliphatic carbocycles. The lowest BCUT2D eigenvalue weighted by atomic mass is 9.95. The molecule has 0 spiro atoms. The standard InChI is InChI=1S/C21H17ClFN3O3/c1-2-29-21(28)18-14-10-12(23)5-6-16(14)25-17-7-9-26(11-15(17)18)20(27)13-4-3-8-24-19(13)22/h3-6,8,10H,2,7,9,11H2,1H3. The number of benzene rings is 1. The van der Waals surface area contributed by atoms with Gasteiger partial charge in [0.05, 0.1) is 23.3 Å². The Morgan fingerprint density at radius 2 is 2.14 bits per heavy atom. The number of rotatable bonds is 3. The van der Waals surface area contributed by atoms with Crippen LogP contribution in [-0.2, 0) is 17.7 Å². The van der Waals surface area contributed by atoms with Crippen molar-refractivity contribution in [2.45, 2.75) is 19.9 Å². The Morgan fingerprint density at radius 3 is 2.90 bits per heavy atom. The maximum atomic E-state index is 13.9. The van der Waals surface area contributed by atoms with Crippen molar-refractivity contribution in [1.29, 1.82) is 0 Å². The van der Waals surface area contributed by atoms with Gasteiger partial charge in [-0.05, 0) is 37.3 Å². The van der Waals surface area contributed by atoms with E-state index >= 15 is 0 Å². The highest BCUT2D eigenvalue weighted by atomic mass is 35.5. The van der Waals surface area contributed by atoms with Crippen molar-refractivity contribution < 1.29 is 18.7 Å². The highest BCUT2D eigenvalue weighted by Gasteiger charge is 2.30. The van der Waals surface area contributed by atoms with Crippen LogP contribution in [0.5, 0.6) is 0 Å². The molecule has 6 nitrogen and oxygen atoms in total. The number of fused-ring (bicyclic) bond motifs is 2. The van der Waals surface area contributed by atoms with E-state index in [1.807, 2.05) is 0 Å². The second-order valence-electron chi connectivity index (χ2n) is 6.61. The molecule has 29 heavy (non-hydrogen) atoms. The lowest BCUT2D eigenvalue weighted by molar-refractivity contribution is 0.0522. The van der Waals surface area contributed by atoms with Crippen LogP contribution in [0, 0.1) is 5.82 Å². The molecule has 8 heteroatoms. The Bertz CT molecular complexity index is 1140. The van der Waals surface area contributed by atoms with Gasteiger partial charge in [-0.3, -0.25) is 9.78 Å². The second kappa shape index (κ2) is 7.75. The average molecular weight is 414 g/mol. The first-order chi connectivity index (χ1) is 14.0. The van der Waals surface area contributed by atoms with E-state index < -0.39 is 11.8 Å². The van der Waals surface area contributed by atoms with E-state index in [9.17, 15) is 14.0 Å². The molecule has 1 amide bonds. The fourth-order valence-corrected chi connectivity index (χ4v) is 3.74. The third-order valence-electron chi connectivity index (χ3n) is 4.86. The van der Waals surface area contributed by atoms with E-state index in [0.29, 0.717) is 35.1 Å². The summed E-state index contributed by atoms with van der Waals surface area (Å²) in [5.41, 5.74) is 2.33. The van der Waals surface area contributed by atoms with Crippen LogP contribution in [-0.4, -0.2) is 39.9 Å². The van der Waals surface area contributed by atoms with Gasteiger partial charge < -0.3 is 9.64 Å². The van der Waals surface area contributed by atoms with Gasteiger partial charge in [0.1, 0.15) is 11.0 Å². The average Bonchev–Trinajstić information content (AvgIpc) is 2.71. The SMILES string of the molecule is CCOC(=O)c1c2c(nc3ccc(F)cc13)CCN(C(=O)c1cccnc1Cl)C2. The van der Waals surface area contributed by atoms with E-state index in [0.717, 1.165) is 0 Å². The molecule has 1 aliphatic heterocycles. The van der Waals surface area contributed by atoms with Gasteiger partial charge in [0.15, 0.2) is 0 Å². The molecule has 0 radical (unpaired) electrons. The normalized spacial score (nSPS) is 13.3. The Kier molecular flexibility index (Phi) is 5.15. The zero-order chi connectivity index (χ0) is 20.5. The molecule has 1 aromatic carbocycles. The highest BCUT2D eigenvalue weighted by molar-refractivity contribution is 6.32. The molecule has 0 unspecified atom stereocenters. The van der Waals surface area contributed by atoms with E-state index in [4.69, 9.17) is 16.3 Å². The molecule has 0 bridgehead atoms. The summed E-state index contributed by atoms with van der Waals surface area (Å²) in [6.07, 6.45) is 1.97. The summed E-state index contributed by atoms with van der Waals surface area (Å²) in [6, 6.07) is 7.36. The van der Waals surface area contributed by atoms with Crippen molar-refractivity contribution in [2.24, 2.45) is 0 Å². The topological polar surface area (TPSA) is 72.4 Å². The number of amides is 1. The first-order valence-electron chi connectivity index (χ1n) is 9.17. The molecule has 0 atom stereocenters. The Morgan fingerprint density at radius 1 is 1.31 bits per heavy atom. The van der Waals surface area contributed by atoms with Crippen molar-refractivity contribution >= 4 is 34.4 Å². The maximum Gasteiger partial charge on any atom is 0.339 e. The summed E-state index contributed by atoms with van der Waals surface area (Å²) < 4.78 is 19.1. The number of carbonyl (C=O) groups excluding carboxylic acids is 2. The van der Waals surface area contributed by atoms with Gasteiger partial charge in [0, 0.05) is 42.4 Å². The van der Waals surface area contributed by atoms with Crippen LogP contribution in [0.25, 0.3) is 10.9 Å². The third kappa shape index (κ3) is 3.53. The van der Waals surface area contributed by atoms with Crippen LogP contribution in [0.4, 0.5) is 4.39 Å². The van der Waals surface area contributed by atoms with Crippen LogP contribution in [0.1, 0.15) is 38.9 Å². The smallest absolute Gasteiger partial charge is 0.339 e. The van der Waals surface area contributed by atoms with Crippen molar-refractivity contribution in [3.8, 4) is 0 Å². The van der Waals surface area contributed by atoms with Crippen molar-refractivity contribution in [1.82, 2.24) is 14.9 Å². The first-order valence-corrected chi connectivity index (χ1v) is 9.55. The fourth-order valence-electron chi connectivity index (χ4n) is 3.54. The minimum atomic E-state index is -0.560. The number of hydrogen-bond donors (Lipinski definition) is 0. The molecule has 0 N–H and O–H groups in total. The van der Waals surface area contributed by atoms with Gasteiger partial charge in [-0.1, -0.05) is 11.6 Å². The number of aromatic nitrogens is 2. The molecule has 2 aromatic heterocycles. The summed E-state index contributed by atoms with van der Waals surface area (Å²) in [5, 5.41) is 0.489. The molecule has 0 saturated heterocycles. The number of esters is 1. The van der Waals surface area contributed by atoms with Crippen LogP contribution < -0.4 is 0 Å². The van der Waals surface area contributed by atoms with Crippen LogP contribution in [0.15, 0.2) is 36.5 Å². The second-order valence-corrected chi connectivity index (χ2v) is 6.97. The zero-order valence-electron chi connectivity index (χ0n) is 15.6. The van der Waals surface area contributed by atoms with Crippen molar-refractivity contribution in [3.63, 3.8) is 0 Å². The lowest BCUT2D eigenvalue weighted by Gasteiger charge is -2.30. The van der Waals surface area contributed by atoms with Gasteiger partial charge >= 0.3 is 5.97 Å². The summed E-state index contributed by atoms with van der Waals surface area (Å²) in [6.45, 7) is 2.45. The number of halogens is 2. The van der Waals surface area contributed by atoms with Crippen LogP contribution in [0.3, 0.4) is 0 Å². The third-order valence-corrected chi connectivity index (χ3v) is 5.16. The summed E-state index contributed by atoms with van der Waals surface area (Å²) in [5.74, 6) is -1.32. The van der Waals surface area contributed by atoms with Gasteiger partial charge in [-0.2, -0.15) is 0 Å². The van der Waals surface area contributed by atoms with Crippen LogP contribution in [0.2, 0.25) is 5.15 Å². The number of ether oxygens (including phenoxy) is 1. The predicted molar refractivity (Wildman–Crippen MR) is 105 cm³/mol. The highest BCUT2D eigenvalue weighted by Crippen LogP contribution is 2.30. The molecule has 3 aromatic rings. The molecule has 4 rings (SSSR count). The van der Waals surface area contributed by atoms with E-state index in [1.165, 1.54) is 18.3 Å². The molecule has 0 fully saturated rings. The molecule has 0 saturated carbocycles. The quantitative estimate of drug-likeness (QED) is 0.482. The van der Waals surface area contributed by atoms with Crippen LogP contribution >= 0.6 is 11.6 Å². The van der Waals surface area contributed by atoms with E-state index in [1.54, 1.807) is 30.0 Å². The summed E-state index contributed by atoms with van der Waals surface area (Å²) in [4.78, 5) is 35.8. The van der Waals surface area contributed by atoms with Crippen molar-refractivity contribution in [2.75, 3.05) is 13.2 Å². The Hall–Kier alpha value is -3.06.